The SMILES string of the molecule is C=CCn1c(COc2c(C)cccc2C)nnc1SCC(=O)Nc1sc2c(c1C#N)CC[C@H](C(C)(C)C)C2. The summed E-state index contributed by atoms with van der Waals surface area (Å²) < 4.78 is 7.99. The largest absolute Gasteiger partial charge is 0.485 e. The lowest BCUT2D eigenvalue weighted by atomic mass is 9.72. The van der Waals surface area contributed by atoms with E-state index in [-0.39, 0.29) is 23.7 Å². The minimum atomic E-state index is -0.168. The summed E-state index contributed by atoms with van der Waals surface area (Å²) in [6.07, 6.45) is 4.69. The zero-order valence-corrected chi connectivity index (χ0v) is 24.4. The lowest BCUT2D eigenvalue weighted by molar-refractivity contribution is -0.113. The molecule has 4 rings (SSSR count). The Morgan fingerprint density at radius 1 is 1.34 bits per heavy atom. The molecule has 200 valence electrons. The van der Waals surface area contributed by atoms with Gasteiger partial charge in [0.25, 0.3) is 0 Å². The van der Waals surface area contributed by atoms with Gasteiger partial charge in [-0.25, -0.2) is 0 Å². The quantitative estimate of drug-likeness (QED) is 0.243. The van der Waals surface area contributed by atoms with E-state index in [1.54, 1.807) is 17.4 Å². The van der Waals surface area contributed by atoms with Crippen LogP contribution in [0.3, 0.4) is 0 Å². The lowest BCUT2D eigenvalue weighted by Gasteiger charge is -2.33. The van der Waals surface area contributed by atoms with E-state index >= 15 is 0 Å². The van der Waals surface area contributed by atoms with Gasteiger partial charge in [0.15, 0.2) is 11.0 Å². The van der Waals surface area contributed by atoms with E-state index in [4.69, 9.17) is 4.74 Å². The van der Waals surface area contributed by atoms with Gasteiger partial charge in [-0.3, -0.25) is 9.36 Å². The zero-order chi connectivity index (χ0) is 27.4. The van der Waals surface area contributed by atoms with Gasteiger partial charge in [0.05, 0.1) is 11.3 Å². The molecule has 38 heavy (non-hydrogen) atoms. The van der Waals surface area contributed by atoms with Crippen LogP contribution in [0.1, 0.15) is 60.1 Å². The molecule has 0 radical (unpaired) electrons. The van der Waals surface area contributed by atoms with Crippen molar-refractivity contribution in [3.05, 3.63) is 63.8 Å². The number of allylic oxidation sites excluding steroid dienone is 1. The van der Waals surface area contributed by atoms with Crippen LogP contribution in [-0.2, 0) is 30.8 Å². The molecule has 0 bridgehead atoms. The van der Waals surface area contributed by atoms with Gasteiger partial charge in [0, 0.05) is 11.4 Å². The number of ether oxygens (including phenoxy) is 1. The van der Waals surface area contributed by atoms with Crippen molar-refractivity contribution in [3.63, 3.8) is 0 Å². The molecular formula is C29H35N5O2S2. The summed E-state index contributed by atoms with van der Waals surface area (Å²) in [7, 11) is 0. The Balaban J connectivity index is 1.42. The topological polar surface area (TPSA) is 92.8 Å². The number of anilines is 1. The van der Waals surface area contributed by atoms with Crippen molar-refractivity contribution in [2.24, 2.45) is 11.3 Å². The average molecular weight is 550 g/mol. The summed E-state index contributed by atoms with van der Waals surface area (Å²) in [5.74, 6) is 2.07. The molecule has 0 fully saturated rings. The molecule has 1 aromatic carbocycles. The fraction of sp³-hybridized carbons (Fsp3) is 0.448. The first-order valence-corrected chi connectivity index (χ1v) is 14.6. The van der Waals surface area contributed by atoms with Crippen LogP contribution in [0.2, 0.25) is 0 Å². The summed E-state index contributed by atoms with van der Waals surface area (Å²) in [6, 6.07) is 8.37. The molecule has 1 N–H and O–H groups in total. The number of nitrogens with zero attached hydrogens (tertiary/aromatic N) is 4. The number of aryl methyl sites for hydroxylation is 2. The minimum Gasteiger partial charge on any atom is -0.485 e. The number of nitriles is 1. The number of benzene rings is 1. The summed E-state index contributed by atoms with van der Waals surface area (Å²) in [4.78, 5) is 14.1. The van der Waals surface area contributed by atoms with Crippen molar-refractivity contribution in [3.8, 4) is 11.8 Å². The van der Waals surface area contributed by atoms with E-state index in [0.29, 0.717) is 34.0 Å². The predicted molar refractivity (Wildman–Crippen MR) is 154 cm³/mol. The highest BCUT2D eigenvalue weighted by Crippen LogP contribution is 2.44. The average Bonchev–Trinajstić information content (AvgIpc) is 3.41. The Morgan fingerprint density at radius 2 is 2.08 bits per heavy atom. The molecule has 9 heteroatoms. The Kier molecular flexibility index (Phi) is 8.64. The second-order valence-electron chi connectivity index (χ2n) is 10.8. The van der Waals surface area contributed by atoms with Gasteiger partial charge in [-0.2, -0.15) is 5.26 Å². The van der Waals surface area contributed by atoms with E-state index in [0.717, 1.165) is 41.7 Å². The molecule has 0 unspecified atom stereocenters. The maximum absolute atomic E-state index is 12.9. The summed E-state index contributed by atoms with van der Waals surface area (Å²) in [6.45, 7) is 15.5. The molecular weight excluding hydrogens is 514 g/mol. The monoisotopic (exact) mass is 549 g/mol. The predicted octanol–water partition coefficient (Wildman–Crippen LogP) is 6.47. The molecule has 7 nitrogen and oxygen atoms in total. The minimum absolute atomic E-state index is 0.158. The number of fused-ring (bicyclic) bond motifs is 1. The highest BCUT2D eigenvalue weighted by molar-refractivity contribution is 7.99. The third-order valence-electron chi connectivity index (χ3n) is 7.05. The molecule has 3 aromatic rings. The van der Waals surface area contributed by atoms with E-state index in [9.17, 15) is 10.1 Å². The van der Waals surface area contributed by atoms with E-state index < -0.39 is 0 Å². The molecule has 1 aliphatic carbocycles. The van der Waals surface area contributed by atoms with Gasteiger partial charge < -0.3 is 10.1 Å². The molecule has 0 saturated heterocycles. The number of hydrogen-bond acceptors (Lipinski definition) is 7. The van der Waals surface area contributed by atoms with Crippen molar-refractivity contribution >= 4 is 34.0 Å². The van der Waals surface area contributed by atoms with Crippen molar-refractivity contribution < 1.29 is 9.53 Å². The maximum Gasteiger partial charge on any atom is 0.235 e. The first-order valence-electron chi connectivity index (χ1n) is 12.8. The molecule has 1 amide bonds. The number of para-hydroxylation sites is 1. The summed E-state index contributed by atoms with van der Waals surface area (Å²) in [5, 5.41) is 22.7. The Labute approximate surface area is 233 Å². The number of nitrogens with one attached hydrogen (secondary N) is 1. The van der Waals surface area contributed by atoms with Crippen LogP contribution >= 0.6 is 23.1 Å². The second-order valence-corrected chi connectivity index (χ2v) is 12.8. The molecule has 0 saturated carbocycles. The number of rotatable bonds is 9. The van der Waals surface area contributed by atoms with Gasteiger partial charge in [-0.1, -0.05) is 56.8 Å². The number of amides is 1. The Hall–Kier alpha value is -3.09. The lowest BCUT2D eigenvalue weighted by Crippen LogP contribution is -2.26. The Morgan fingerprint density at radius 3 is 2.74 bits per heavy atom. The molecule has 1 aliphatic rings. The van der Waals surface area contributed by atoms with Gasteiger partial charge >= 0.3 is 0 Å². The van der Waals surface area contributed by atoms with Crippen molar-refractivity contribution in [2.45, 2.75) is 72.2 Å². The molecule has 0 spiro atoms. The van der Waals surface area contributed by atoms with Gasteiger partial charge in [-0.05, 0) is 61.1 Å². The van der Waals surface area contributed by atoms with Crippen molar-refractivity contribution in [2.75, 3.05) is 11.1 Å². The molecule has 2 aromatic heterocycles. The van der Waals surface area contributed by atoms with E-state index in [1.807, 2.05) is 36.6 Å². The second kappa shape index (κ2) is 11.7. The van der Waals surface area contributed by atoms with Crippen LogP contribution in [0, 0.1) is 36.5 Å². The standard InChI is InChI=1S/C29H35N5O2S2/c1-7-13-34-24(16-36-26-18(2)9-8-10-19(26)3)32-33-28(34)37-17-25(35)31-27-22(15-30)21-12-11-20(29(4,5)6)14-23(21)38-27/h7-10,20H,1,11-14,16-17H2,2-6H3,(H,31,35)/t20-/m0/s1. The number of carbonyl (C=O) groups excluding carboxylic acids is 1. The number of thiophene rings is 1. The molecule has 1 atom stereocenters. The first kappa shape index (κ1) is 27.9. The van der Waals surface area contributed by atoms with Crippen LogP contribution in [0.15, 0.2) is 36.0 Å². The third kappa shape index (κ3) is 6.13. The zero-order valence-electron chi connectivity index (χ0n) is 22.8. The summed E-state index contributed by atoms with van der Waals surface area (Å²) >= 11 is 2.86. The van der Waals surface area contributed by atoms with Crippen LogP contribution < -0.4 is 10.1 Å². The first-order chi connectivity index (χ1) is 18.1. The smallest absolute Gasteiger partial charge is 0.235 e. The van der Waals surface area contributed by atoms with Crippen LogP contribution in [0.4, 0.5) is 5.00 Å². The van der Waals surface area contributed by atoms with E-state index in [1.165, 1.54) is 16.6 Å². The van der Waals surface area contributed by atoms with Crippen LogP contribution in [-0.4, -0.2) is 26.4 Å². The maximum atomic E-state index is 12.9. The van der Waals surface area contributed by atoms with Crippen molar-refractivity contribution in [1.82, 2.24) is 14.8 Å². The van der Waals surface area contributed by atoms with E-state index in [2.05, 4.69) is 48.9 Å². The van der Waals surface area contributed by atoms with Gasteiger partial charge in [-0.15, -0.1) is 28.1 Å². The third-order valence-corrected chi connectivity index (χ3v) is 9.18. The number of carbonyl (C=O) groups is 1. The fourth-order valence-corrected chi connectivity index (χ4v) is 6.89. The number of hydrogen-bond donors (Lipinski definition) is 1. The van der Waals surface area contributed by atoms with Crippen LogP contribution in [0.25, 0.3) is 0 Å². The number of aromatic nitrogens is 3. The highest BCUT2D eigenvalue weighted by atomic mass is 32.2. The normalized spacial score (nSPS) is 15.0. The summed E-state index contributed by atoms with van der Waals surface area (Å²) in [5.41, 5.74) is 4.08. The fourth-order valence-electron chi connectivity index (χ4n) is 4.83. The number of thioether (sulfide) groups is 1. The van der Waals surface area contributed by atoms with Crippen LogP contribution in [0.5, 0.6) is 5.75 Å². The molecule has 2 heterocycles. The van der Waals surface area contributed by atoms with Gasteiger partial charge in [0.2, 0.25) is 5.91 Å². The Bertz CT molecular complexity index is 1360. The molecule has 0 aliphatic heterocycles. The van der Waals surface area contributed by atoms with Gasteiger partial charge in [0.1, 0.15) is 23.4 Å². The van der Waals surface area contributed by atoms with Crippen molar-refractivity contribution in [1.29, 1.82) is 5.26 Å². The highest BCUT2D eigenvalue weighted by Gasteiger charge is 2.32.